The van der Waals surface area contributed by atoms with Gasteiger partial charge >= 0.3 is 0 Å². The second kappa shape index (κ2) is 7.82. The molecule has 1 N–H and O–H groups in total. The summed E-state index contributed by atoms with van der Waals surface area (Å²) in [6.45, 7) is 4.92. The summed E-state index contributed by atoms with van der Waals surface area (Å²) >= 11 is 0. The van der Waals surface area contributed by atoms with Crippen LogP contribution in [0.25, 0.3) is 0 Å². The van der Waals surface area contributed by atoms with E-state index in [-0.39, 0.29) is 5.56 Å². The van der Waals surface area contributed by atoms with Crippen LogP contribution in [-0.4, -0.2) is 32.2 Å². The Morgan fingerprint density at radius 1 is 0.893 bits per heavy atom. The van der Waals surface area contributed by atoms with Crippen molar-refractivity contribution in [3.05, 3.63) is 79.9 Å². The zero-order valence-corrected chi connectivity index (χ0v) is 15.4. The summed E-state index contributed by atoms with van der Waals surface area (Å²) in [4.78, 5) is 45.9. The molecule has 2 rings (SSSR count). The summed E-state index contributed by atoms with van der Waals surface area (Å²) in [6, 6.07) is 10.8. The van der Waals surface area contributed by atoms with Crippen LogP contribution in [0.3, 0.4) is 0 Å². The maximum Gasteiger partial charge on any atom is 0.277 e. The van der Waals surface area contributed by atoms with Gasteiger partial charge in [-0.2, -0.15) is 0 Å². The maximum absolute atomic E-state index is 13.0. The molecular weight excluding hydrogens is 368 g/mol. The average molecular weight is 386 g/mol. The standard InChI is InChI=1S/C18H18N4O6/c1-18(2,3)20(19-16(23)12-7-5-4-6-8-12)17(24)13-9-14(21(25)26)11-15(10-13)22(27)28/h4-11H,1-3H3,(H,19,23). The van der Waals surface area contributed by atoms with E-state index >= 15 is 0 Å². The van der Waals surface area contributed by atoms with Gasteiger partial charge in [0, 0.05) is 17.7 Å². The number of carbonyl (C=O) groups excluding carboxylic acids is 2. The number of carbonyl (C=O) groups is 2. The highest BCUT2D eigenvalue weighted by Crippen LogP contribution is 2.25. The van der Waals surface area contributed by atoms with Crippen LogP contribution in [-0.2, 0) is 0 Å². The Balaban J connectivity index is 2.45. The minimum Gasteiger partial charge on any atom is -0.267 e. The van der Waals surface area contributed by atoms with Crippen molar-refractivity contribution in [2.45, 2.75) is 26.3 Å². The lowest BCUT2D eigenvalue weighted by Crippen LogP contribution is -2.55. The summed E-state index contributed by atoms with van der Waals surface area (Å²) in [6.07, 6.45) is 0. The smallest absolute Gasteiger partial charge is 0.267 e. The molecule has 0 saturated heterocycles. The molecule has 0 atom stereocenters. The number of hydrogen-bond acceptors (Lipinski definition) is 6. The third kappa shape index (κ3) is 4.67. The quantitative estimate of drug-likeness (QED) is 0.633. The molecule has 28 heavy (non-hydrogen) atoms. The molecule has 0 fully saturated rings. The van der Waals surface area contributed by atoms with Gasteiger partial charge in [0.25, 0.3) is 23.2 Å². The summed E-state index contributed by atoms with van der Waals surface area (Å²) in [5, 5.41) is 23.1. The van der Waals surface area contributed by atoms with E-state index < -0.39 is 38.6 Å². The van der Waals surface area contributed by atoms with Gasteiger partial charge in [-0.15, -0.1) is 0 Å². The van der Waals surface area contributed by atoms with Crippen molar-refractivity contribution in [2.75, 3.05) is 0 Å². The predicted octanol–water partition coefficient (Wildman–Crippen LogP) is 3.09. The van der Waals surface area contributed by atoms with Crippen LogP contribution in [0.15, 0.2) is 48.5 Å². The summed E-state index contributed by atoms with van der Waals surface area (Å²) in [5.74, 6) is -1.38. The van der Waals surface area contributed by atoms with Gasteiger partial charge in [-0.25, -0.2) is 5.01 Å². The van der Waals surface area contributed by atoms with Gasteiger partial charge in [-0.05, 0) is 32.9 Å². The molecule has 2 amide bonds. The van der Waals surface area contributed by atoms with Gasteiger partial charge in [-0.3, -0.25) is 35.2 Å². The van der Waals surface area contributed by atoms with Gasteiger partial charge in [0.15, 0.2) is 0 Å². The van der Waals surface area contributed by atoms with Crippen LogP contribution < -0.4 is 5.43 Å². The Bertz CT molecular complexity index is 905. The Labute approximate surface area is 160 Å². The SMILES string of the molecule is CC(C)(C)N(NC(=O)c1ccccc1)C(=O)c1cc([N+](=O)[O-])cc([N+](=O)[O-])c1. The second-order valence-electron chi connectivity index (χ2n) is 6.87. The number of non-ortho nitro benzene ring substituents is 2. The van der Waals surface area contributed by atoms with E-state index in [4.69, 9.17) is 0 Å². The van der Waals surface area contributed by atoms with Crippen LogP contribution in [0.5, 0.6) is 0 Å². The Morgan fingerprint density at radius 2 is 1.39 bits per heavy atom. The monoisotopic (exact) mass is 386 g/mol. The second-order valence-corrected chi connectivity index (χ2v) is 6.87. The summed E-state index contributed by atoms with van der Waals surface area (Å²) in [5.41, 5.74) is 0.378. The first-order valence-electron chi connectivity index (χ1n) is 8.15. The number of amides is 2. The fraction of sp³-hybridized carbons (Fsp3) is 0.222. The topological polar surface area (TPSA) is 136 Å². The highest BCUT2D eigenvalue weighted by atomic mass is 16.6. The maximum atomic E-state index is 13.0. The molecule has 0 aliphatic heterocycles. The highest BCUT2D eigenvalue weighted by molar-refractivity contribution is 6.00. The molecule has 0 heterocycles. The van der Waals surface area contributed by atoms with E-state index in [1.54, 1.807) is 51.1 Å². The van der Waals surface area contributed by atoms with Gasteiger partial charge in [-0.1, -0.05) is 18.2 Å². The number of nitrogens with one attached hydrogen (secondary N) is 1. The molecule has 0 aliphatic carbocycles. The van der Waals surface area contributed by atoms with E-state index in [9.17, 15) is 29.8 Å². The van der Waals surface area contributed by atoms with Crippen molar-refractivity contribution in [1.29, 1.82) is 0 Å². The molecule has 146 valence electrons. The van der Waals surface area contributed by atoms with Crippen LogP contribution in [0.4, 0.5) is 11.4 Å². The van der Waals surface area contributed by atoms with Crippen molar-refractivity contribution in [2.24, 2.45) is 0 Å². The first-order valence-corrected chi connectivity index (χ1v) is 8.15. The van der Waals surface area contributed by atoms with Crippen LogP contribution in [0.1, 0.15) is 41.5 Å². The number of nitro benzene ring substituents is 2. The van der Waals surface area contributed by atoms with E-state index in [1.165, 1.54) is 0 Å². The zero-order chi connectivity index (χ0) is 21.1. The van der Waals surface area contributed by atoms with Gasteiger partial charge < -0.3 is 0 Å². The molecule has 10 nitrogen and oxygen atoms in total. The molecule has 0 saturated carbocycles. The van der Waals surface area contributed by atoms with Crippen LogP contribution >= 0.6 is 0 Å². The fourth-order valence-corrected chi connectivity index (χ4v) is 2.34. The van der Waals surface area contributed by atoms with Crippen molar-refractivity contribution in [1.82, 2.24) is 10.4 Å². The molecule has 0 aromatic heterocycles. The zero-order valence-electron chi connectivity index (χ0n) is 15.4. The lowest BCUT2D eigenvalue weighted by atomic mass is 10.1. The third-order valence-electron chi connectivity index (χ3n) is 3.69. The highest BCUT2D eigenvalue weighted by Gasteiger charge is 2.31. The number of nitro groups is 2. The largest absolute Gasteiger partial charge is 0.277 e. The van der Waals surface area contributed by atoms with Crippen molar-refractivity contribution in [3.63, 3.8) is 0 Å². The molecule has 0 spiro atoms. The molecule has 2 aromatic carbocycles. The van der Waals surface area contributed by atoms with E-state index in [1.807, 2.05) is 0 Å². The number of nitrogens with zero attached hydrogens (tertiary/aromatic N) is 3. The number of benzene rings is 2. The minimum atomic E-state index is -0.916. The van der Waals surface area contributed by atoms with Gasteiger partial charge in [0.2, 0.25) is 0 Å². The molecule has 10 heteroatoms. The Kier molecular flexibility index (Phi) is 5.73. The van der Waals surface area contributed by atoms with Gasteiger partial charge in [0.1, 0.15) is 0 Å². The first kappa shape index (κ1) is 20.5. The lowest BCUT2D eigenvalue weighted by Gasteiger charge is -2.35. The molecule has 0 bridgehead atoms. The Morgan fingerprint density at radius 3 is 1.82 bits per heavy atom. The van der Waals surface area contributed by atoms with Crippen LogP contribution in [0.2, 0.25) is 0 Å². The fourth-order valence-electron chi connectivity index (χ4n) is 2.34. The number of hydrazine groups is 1. The number of hydrogen-bond donors (Lipinski definition) is 1. The van der Waals surface area contributed by atoms with E-state index in [0.29, 0.717) is 5.56 Å². The van der Waals surface area contributed by atoms with E-state index in [0.717, 1.165) is 23.2 Å². The number of rotatable bonds is 4. The predicted molar refractivity (Wildman–Crippen MR) is 99.6 cm³/mol. The van der Waals surface area contributed by atoms with Crippen LogP contribution in [0, 0.1) is 20.2 Å². The summed E-state index contributed by atoms with van der Waals surface area (Å²) in [7, 11) is 0. The van der Waals surface area contributed by atoms with Gasteiger partial charge in [0.05, 0.1) is 27.0 Å². The summed E-state index contributed by atoms with van der Waals surface area (Å²) < 4.78 is 0. The molecule has 0 unspecified atom stereocenters. The lowest BCUT2D eigenvalue weighted by molar-refractivity contribution is -0.394. The minimum absolute atomic E-state index is 0.288. The van der Waals surface area contributed by atoms with Crippen molar-refractivity contribution >= 4 is 23.2 Å². The van der Waals surface area contributed by atoms with Crippen molar-refractivity contribution < 1.29 is 19.4 Å². The average Bonchev–Trinajstić information content (AvgIpc) is 2.64. The normalized spacial score (nSPS) is 10.8. The molecule has 2 aromatic rings. The Hall–Kier alpha value is -3.82. The molecule has 0 aliphatic rings. The molecule has 0 radical (unpaired) electrons. The molecular formula is C18H18N4O6. The third-order valence-corrected chi connectivity index (χ3v) is 3.69. The van der Waals surface area contributed by atoms with Crippen molar-refractivity contribution in [3.8, 4) is 0 Å². The van der Waals surface area contributed by atoms with E-state index in [2.05, 4.69) is 5.43 Å². The first-order chi connectivity index (χ1) is 13.0.